The van der Waals surface area contributed by atoms with Crippen LogP contribution >= 0.6 is 0 Å². The van der Waals surface area contributed by atoms with Gasteiger partial charge in [0, 0.05) is 12.6 Å². The van der Waals surface area contributed by atoms with Gasteiger partial charge in [-0.25, -0.2) is 4.98 Å². The number of anilines is 1. The third kappa shape index (κ3) is 1.06. The number of amides is 1. The van der Waals surface area contributed by atoms with Gasteiger partial charge in [0.1, 0.15) is 5.82 Å². The van der Waals surface area contributed by atoms with E-state index in [4.69, 9.17) is 5.73 Å². The van der Waals surface area contributed by atoms with Crippen LogP contribution in [-0.4, -0.2) is 16.9 Å². The predicted octanol–water partition coefficient (Wildman–Crippen LogP) is -0.0965. The Kier molecular flexibility index (Phi) is 1.55. The molecule has 0 saturated heterocycles. The maximum absolute atomic E-state index is 11.1. The Bertz CT molecular complexity index is 324. The first kappa shape index (κ1) is 7.24. The van der Waals surface area contributed by atoms with Crippen LogP contribution in [0, 0.1) is 0 Å². The van der Waals surface area contributed by atoms with E-state index in [9.17, 15) is 4.79 Å². The van der Waals surface area contributed by atoms with Gasteiger partial charge in [-0.15, -0.1) is 0 Å². The van der Waals surface area contributed by atoms with Crippen molar-refractivity contribution in [2.45, 2.75) is 12.5 Å². The number of nitrogens with two attached hydrogens (primary N) is 1. The average Bonchev–Trinajstić information content (AvgIpc) is 2.07. The second-order valence-electron chi connectivity index (χ2n) is 2.81. The lowest BCUT2D eigenvalue weighted by molar-refractivity contribution is -0.117. The lowest BCUT2D eigenvalue weighted by atomic mass is 10.0. The molecule has 4 nitrogen and oxygen atoms in total. The van der Waals surface area contributed by atoms with Crippen LogP contribution in [0.4, 0.5) is 5.82 Å². The molecule has 1 amide bonds. The minimum Gasteiger partial charge on any atom is -0.320 e. The Morgan fingerprint density at radius 3 is 3.33 bits per heavy atom. The van der Waals surface area contributed by atoms with Crippen LogP contribution in [0.3, 0.4) is 0 Å². The van der Waals surface area contributed by atoms with E-state index in [1.807, 2.05) is 12.1 Å². The van der Waals surface area contributed by atoms with Crippen LogP contribution in [0.15, 0.2) is 18.3 Å². The van der Waals surface area contributed by atoms with Crippen molar-refractivity contribution in [1.29, 1.82) is 0 Å². The molecule has 0 fully saturated rings. The number of nitrogens with one attached hydrogen (secondary N) is 1. The van der Waals surface area contributed by atoms with E-state index in [1.54, 1.807) is 6.20 Å². The summed E-state index contributed by atoms with van der Waals surface area (Å²) in [4.78, 5) is 15.1. The molecule has 0 spiro atoms. The highest BCUT2D eigenvalue weighted by Gasteiger charge is 2.22. The van der Waals surface area contributed by atoms with Gasteiger partial charge in [-0.2, -0.15) is 0 Å². The number of nitrogens with zero attached hydrogens (tertiary/aromatic N) is 1. The molecule has 0 aromatic carbocycles. The third-order valence-electron chi connectivity index (χ3n) is 1.91. The lowest BCUT2D eigenvalue weighted by Crippen LogP contribution is -2.41. The van der Waals surface area contributed by atoms with Crippen LogP contribution in [0.2, 0.25) is 0 Å². The number of fused-ring (bicyclic) bond motifs is 1. The van der Waals surface area contributed by atoms with Crippen molar-refractivity contribution in [3.05, 3.63) is 23.9 Å². The molecule has 2 rings (SSSR count). The molecule has 0 unspecified atom stereocenters. The van der Waals surface area contributed by atoms with Crippen LogP contribution < -0.4 is 11.1 Å². The normalized spacial score (nSPS) is 21.4. The zero-order chi connectivity index (χ0) is 8.55. The van der Waals surface area contributed by atoms with E-state index in [-0.39, 0.29) is 5.91 Å². The fourth-order valence-electron chi connectivity index (χ4n) is 1.25. The van der Waals surface area contributed by atoms with E-state index >= 15 is 0 Å². The molecular formula is C8H9N3O. The maximum Gasteiger partial charge on any atom is 0.242 e. The molecular weight excluding hydrogens is 154 g/mol. The standard InChI is InChI=1S/C8H9N3O/c9-6-4-5-2-1-3-10-7(5)11-8(6)12/h1-3,6H,4,9H2,(H,10,11,12)/t6-/m1/s1. The van der Waals surface area contributed by atoms with Gasteiger partial charge in [-0.1, -0.05) is 6.07 Å². The van der Waals surface area contributed by atoms with Gasteiger partial charge in [0.2, 0.25) is 5.91 Å². The molecule has 4 heteroatoms. The Morgan fingerprint density at radius 2 is 2.50 bits per heavy atom. The molecule has 12 heavy (non-hydrogen) atoms. The highest BCUT2D eigenvalue weighted by Crippen LogP contribution is 2.17. The second kappa shape index (κ2) is 2.57. The number of rotatable bonds is 0. The Balaban J connectivity index is 2.40. The molecule has 1 aromatic heterocycles. The molecule has 1 atom stereocenters. The monoisotopic (exact) mass is 163 g/mol. The molecule has 0 bridgehead atoms. The van der Waals surface area contributed by atoms with Crippen LogP contribution in [-0.2, 0) is 11.2 Å². The van der Waals surface area contributed by atoms with E-state index in [2.05, 4.69) is 10.3 Å². The summed E-state index contributed by atoms with van der Waals surface area (Å²) in [5.41, 5.74) is 6.56. The fraction of sp³-hybridized carbons (Fsp3) is 0.250. The van der Waals surface area contributed by atoms with E-state index < -0.39 is 6.04 Å². The zero-order valence-electron chi connectivity index (χ0n) is 6.45. The Morgan fingerprint density at radius 1 is 1.67 bits per heavy atom. The smallest absolute Gasteiger partial charge is 0.242 e. The van der Waals surface area contributed by atoms with Crippen LogP contribution in [0.25, 0.3) is 0 Å². The van der Waals surface area contributed by atoms with Crippen molar-refractivity contribution in [2.24, 2.45) is 5.73 Å². The molecule has 2 heterocycles. The number of carbonyl (C=O) groups excluding carboxylic acids is 1. The van der Waals surface area contributed by atoms with Gasteiger partial charge in [-0.3, -0.25) is 4.79 Å². The summed E-state index contributed by atoms with van der Waals surface area (Å²) in [5, 5.41) is 2.63. The topological polar surface area (TPSA) is 68.0 Å². The van der Waals surface area contributed by atoms with Crippen molar-refractivity contribution in [3.63, 3.8) is 0 Å². The van der Waals surface area contributed by atoms with Crippen LogP contribution in [0.1, 0.15) is 5.56 Å². The van der Waals surface area contributed by atoms with Crippen molar-refractivity contribution in [2.75, 3.05) is 5.32 Å². The molecule has 3 N–H and O–H groups in total. The Labute approximate surface area is 69.8 Å². The van der Waals surface area contributed by atoms with Crippen molar-refractivity contribution >= 4 is 11.7 Å². The summed E-state index contributed by atoms with van der Waals surface area (Å²) in [5.74, 6) is 0.491. The SMILES string of the molecule is N[C@@H]1Cc2cccnc2NC1=O. The van der Waals surface area contributed by atoms with Gasteiger partial charge >= 0.3 is 0 Å². The molecule has 0 aliphatic carbocycles. The average molecular weight is 163 g/mol. The molecule has 1 aliphatic rings. The van der Waals surface area contributed by atoms with Gasteiger partial charge in [-0.05, 0) is 11.6 Å². The minimum atomic E-state index is -0.429. The summed E-state index contributed by atoms with van der Waals surface area (Å²) in [6.07, 6.45) is 2.23. The van der Waals surface area contributed by atoms with Crippen molar-refractivity contribution < 1.29 is 4.79 Å². The molecule has 1 aliphatic heterocycles. The highest BCUT2D eigenvalue weighted by atomic mass is 16.2. The van der Waals surface area contributed by atoms with Crippen molar-refractivity contribution in [1.82, 2.24) is 4.98 Å². The van der Waals surface area contributed by atoms with Crippen LogP contribution in [0.5, 0.6) is 0 Å². The summed E-state index contributed by atoms with van der Waals surface area (Å²) < 4.78 is 0. The molecule has 0 saturated carbocycles. The third-order valence-corrected chi connectivity index (χ3v) is 1.91. The number of carbonyl (C=O) groups is 1. The predicted molar refractivity (Wildman–Crippen MR) is 44.5 cm³/mol. The summed E-state index contributed by atoms with van der Waals surface area (Å²) in [7, 11) is 0. The molecule has 1 aromatic rings. The molecule has 62 valence electrons. The summed E-state index contributed by atoms with van der Waals surface area (Å²) in [6, 6.07) is 3.33. The van der Waals surface area contributed by atoms with Crippen molar-refractivity contribution in [3.8, 4) is 0 Å². The highest BCUT2D eigenvalue weighted by molar-refractivity contribution is 5.96. The van der Waals surface area contributed by atoms with Gasteiger partial charge in [0.05, 0.1) is 6.04 Å². The second-order valence-corrected chi connectivity index (χ2v) is 2.81. The maximum atomic E-state index is 11.1. The lowest BCUT2D eigenvalue weighted by Gasteiger charge is -2.19. The zero-order valence-corrected chi connectivity index (χ0v) is 6.45. The number of hydrogen-bond acceptors (Lipinski definition) is 3. The Hall–Kier alpha value is -1.42. The van der Waals surface area contributed by atoms with E-state index in [0.29, 0.717) is 12.2 Å². The first-order valence-electron chi connectivity index (χ1n) is 3.78. The quantitative estimate of drug-likeness (QED) is 0.561. The van der Waals surface area contributed by atoms with Gasteiger partial charge in [0.15, 0.2) is 0 Å². The first-order chi connectivity index (χ1) is 5.77. The minimum absolute atomic E-state index is 0.152. The van der Waals surface area contributed by atoms with E-state index in [0.717, 1.165) is 5.56 Å². The molecule has 0 radical (unpaired) electrons. The van der Waals surface area contributed by atoms with Gasteiger partial charge in [0.25, 0.3) is 0 Å². The number of hydrogen-bond donors (Lipinski definition) is 2. The largest absolute Gasteiger partial charge is 0.320 e. The van der Waals surface area contributed by atoms with E-state index in [1.165, 1.54) is 0 Å². The first-order valence-corrected chi connectivity index (χ1v) is 3.78. The van der Waals surface area contributed by atoms with Gasteiger partial charge < -0.3 is 11.1 Å². The summed E-state index contributed by atoms with van der Waals surface area (Å²) >= 11 is 0. The fourth-order valence-corrected chi connectivity index (χ4v) is 1.25. The summed E-state index contributed by atoms with van der Waals surface area (Å²) in [6.45, 7) is 0. The number of pyridine rings is 1. The number of aromatic nitrogens is 1.